The molecular weight excluding hydrogens is 456 g/mol. The number of nitrogens with one attached hydrogen (secondary N) is 1. The lowest BCUT2D eigenvalue weighted by molar-refractivity contribution is -0.118. The van der Waals surface area contributed by atoms with E-state index in [1.165, 1.54) is 0 Å². The van der Waals surface area contributed by atoms with E-state index in [0.717, 1.165) is 5.69 Å². The van der Waals surface area contributed by atoms with E-state index in [2.05, 4.69) is 21.2 Å². The lowest BCUT2D eigenvalue weighted by Gasteiger charge is -2.17. The van der Waals surface area contributed by atoms with Crippen molar-refractivity contribution < 1.29 is 14.3 Å². The molecule has 5 nitrogen and oxygen atoms in total. The highest BCUT2D eigenvalue weighted by Gasteiger charge is 2.14. The molecule has 0 spiro atoms. The van der Waals surface area contributed by atoms with Crippen molar-refractivity contribution >= 4 is 50.7 Å². The van der Waals surface area contributed by atoms with Crippen LogP contribution < -0.4 is 15.0 Å². The number of nitrogens with zero attached hydrogens (tertiary/aromatic N) is 1. The Morgan fingerprint density at radius 3 is 2.52 bits per heavy atom. The Bertz CT molecular complexity index is 1030. The fourth-order valence-corrected chi connectivity index (χ4v) is 3.42. The molecule has 2 amide bonds. The zero-order chi connectivity index (χ0) is 20.8. The molecule has 0 aliphatic carbocycles. The average Bonchev–Trinajstić information content (AvgIpc) is 2.73. The van der Waals surface area contributed by atoms with Crippen molar-refractivity contribution in [2.24, 2.45) is 0 Å². The first-order chi connectivity index (χ1) is 13.9. The van der Waals surface area contributed by atoms with Gasteiger partial charge in [0.2, 0.25) is 0 Å². The third kappa shape index (κ3) is 5.59. The summed E-state index contributed by atoms with van der Waals surface area (Å²) in [6.45, 7) is -0.178. The molecular formula is C22H18BrClN2O3. The summed E-state index contributed by atoms with van der Waals surface area (Å²) >= 11 is 9.23. The van der Waals surface area contributed by atoms with E-state index in [0.29, 0.717) is 26.5 Å². The molecule has 0 fully saturated rings. The highest BCUT2D eigenvalue weighted by Crippen LogP contribution is 2.28. The van der Waals surface area contributed by atoms with Crippen molar-refractivity contribution in [3.05, 3.63) is 87.9 Å². The second-order valence-corrected chi connectivity index (χ2v) is 7.48. The summed E-state index contributed by atoms with van der Waals surface area (Å²) in [6.07, 6.45) is 0. The number of hydrogen-bond acceptors (Lipinski definition) is 3. The van der Waals surface area contributed by atoms with Gasteiger partial charge < -0.3 is 15.0 Å². The Kier molecular flexibility index (Phi) is 6.90. The highest BCUT2D eigenvalue weighted by atomic mass is 79.9. The van der Waals surface area contributed by atoms with E-state index < -0.39 is 0 Å². The minimum Gasteiger partial charge on any atom is -0.483 e. The molecule has 7 heteroatoms. The standard InChI is InChI=1S/C22H18BrClN2O3/c1-26(18-8-3-2-4-9-18)22(28)15-6-5-7-17(12-15)25-21(27)14-29-20-11-10-16(24)13-19(20)23/h2-13H,14H2,1H3,(H,25,27). The van der Waals surface area contributed by atoms with Crippen LogP contribution in [0.5, 0.6) is 5.75 Å². The molecule has 0 radical (unpaired) electrons. The van der Waals surface area contributed by atoms with Gasteiger partial charge in [0, 0.05) is 29.0 Å². The first kappa shape index (κ1) is 20.9. The van der Waals surface area contributed by atoms with Crippen LogP contribution >= 0.6 is 27.5 Å². The Labute approximate surface area is 182 Å². The number of para-hydroxylation sites is 1. The summed E-state index contributed by atoms with van der Waals surface area (Å²) in [7, 11) is 1.71. The van der Waals surface area contributed by atoms with Crippen LogP contribution in [0.4, 0.5) is 11.4 Å². The minimum absolute atomic E-state index is 0.173. The van der Waals surface area contributed by atoms with Gasteiger partial charge in [0.05, 0.1) is 4.47 Å². The van der Waals surface area contributed by atoms with Gasteiger partial charge in [-0.3, -0.25) is 9.59 Å². The van der Waals surface area contributed by atoms with Crippen molar-refractivity contribution in [3.8, 4) is 5.75 Å². The van der Waals surface area contributed by atoms with Crippen LogP contribution in [0, 0.1) is 0 Å². The summed E-state index contributed by atoms with van der Waals surface area (Å²) in [6, 6.07) is 21.2. The summed E-state index contributed by atoms with van der Waals surface area (Å²) < 4.78 is 6.17. The molecule has 3 rings (SSSR count). The van der Waals surface area contributed by atoms with Crippen LogP contribution in [-0.2, 0) is 4.79 Å². The van der Waals surface area contributed by atoms with E-state index >= 15 is 0 Å². The van der Waals surface area contributed by atoms with E-state index in [1.54, 1.807) is 54.4 Å². The zero-order valence-electron chi connectivity index (χ0n) is 15.6. The highest BCUT2D eigenvalue weighted by molar-refractivity contribution is 9.10. The lowest BCUT2D eigenvalue weighted by Crippen LogP contribution is -2.26. The molecule has 0 bridgehead atoms. The number of anilines is 2. The van der Waals surface area contributed by atoms with Crippen LogP contribution in [0.2, 0.25) is 5.02 Å². The van der Waals surface area contributed by atoms with Gasteiger partial charge in [-0.15, -0.1) is 0 Å². The molecule has 29 heavy (non-hydrogen) atoms. The Balaban J connectivity index is 1.63. The number of carbonyl (C=O) groups is 2. The van der Waals surface area contributed by atoms with Gasteiger partial charge in [0.1, 0.15) is 5.75 Å². The number of benzene rings is 3. The second-order valence-electron chi connectivity index (χ2n) is 6.19. The normalized spacial score (nSPS) is 10.3. The largest absolute Gasteiger partial charge is 0.483 e. The molecule has 3 aromatic carbocycles. The van der Waals surface area contributed by atoms with Crippen molar-refractivity contribution in [2.75, 3.05) is 23.9 Å². The number of hydrogen-bond donors (Lipinski definition) is 1. The summed E-state index contributed by atoms with van der Waals surface area (Å²) in [5.41, 5.74) is 1.77. The van der Waals surface area contributed by atoms with Gasteiger partial charge in [-0.1, -0.05) is 35.9 Å². The van der Waals surface area contributed by atoms with Gasteiger partial charge >= 0.3 is 0 Å². The summed E-state index contributed by atoms with van der Waals surface area (Å²) in [5, 5.41) is 3.31. The molecule has 0 heterocycles. The molecule has 0 aliphatic rings. The Hall–Kier alpha value is -2.83. The monoisotopic (exact) mass is 472 g/mol. The second kappa shape index (κ2) is 9.58. The van der Waals surface area contributed by atoms with Crippen LogP contribution in [0.15, 0.2) is 77.3 Å². The first-order valence-corrected chi connectivity index (χ1v) is 9.92. The van der Waals surface area contributed by atoms with E-state index in [9.17, 15) is 9.59 Å². The molecule has 0 saturated carbocycles. The van der Waals surface area contributed by atoms with Crippen LogP contribution in [-0.4, -0.2) is 25.5 Å². The number of rotatable bonds is 6. The predicted molar refractivity (Wildman–Crippen MR) is 119 cm³/mol. The van der Waals surface area contributed by atoms with Crippen molar-refractivity contribution in [3.63, 3.8) is 0 Å². The molecule has 1 N–H and O–H groups in total. The number of amides is 2. The topological polar surface area (TPSA) is 58.6 Å². The third-order valence-corrected chi connectivity index (χ3v) is 4.95. The van der Waals surface area contributed by atoms with Crippen LogP contribution in [0.3, 0.4) is 0 Å². The van der Waals surface area contributed by atoms with E-state index in [-0.39, 0.29) is 18.4 Å². The molecule has 0 atom stereocenters. The fourth-order valence-electron chi connectivity index (χ4n) is 2.63. The van der Waals surface area contributed by atoms with Gasteiger partial charge in [0.25, 0.3) is 11.8 Å². The fraction of sp³-hybridized carbons (Fsp3) is 0.0909. The number of halogens is 2. The number of carbonyl (C=O) groups excluding carboxylic acids is 2. The van der Waals surface area contributed by atoms with Crippen molar-refractivity contribution in [2.45, 2.75) is 0 Å². The molecule has 0 aliphatic heterocycles. The Morgan fingerprint density at radius 1 is 1.03 bits per heavy atom. The lowest BCUT2D eigenvalue weighted by atomic mass is 10.1. The maximum absolute atomic E-state index is 12.7. The van der Waals surface area contributed by atoms with Crippen LogP contribution in [0.25, 0.3) is 0 Å². The molecule has 148 valence electrons. The van der Waals surface area contributed by atoms with Gasteiger partial charge in [-0.05, 0) is 64.5 Å². The molecule has 0 saturated heterocycles. The van der Waals surface area contributed by atoms with E-state index in [4.69, 9.17) is 16.3 Å². The molecule has 0 unspecified atom stereocenters. The quantitative estimate of drug-likeness (QED) is 0.522. The SMILES string of the molecule is CN(C(=O)c1cccc(NC(=O)COc2ccc(Cl)cc2Br)c1)c1ccccc1. The van der Waals surface area contributed by atoms with Gasteiger partial charge in [0.15, 0.2) is 6.61 Å². The van der Waals surface area contributed by atoms with Gasteiger partial charge in [-0.2, -0.15) is 0 Å². The average molecular weight is 474 g/mol. The predicted octanol–water partition coefficient (Wildman–Crippen LogP) is 5.40. The summed E-state index contributed by atoms with van der Waals surface area (Å²) in [5.74, 6) is -0.000490. The molecule has 0 aromatic heterocycles. The maximum Gasteiger partial charge on any atom is 0.262 e. The maximum atomic E-state index is 12.7. The zero-order valence-corrected chi connectivity index (χ0v) is 17.9. The smallest absolute Gasteiger partial charge is 0.262 e. The first-order valence-electron chi connectivity index (χ1n) is 8.75. The van der Waals surface area contributed by atoms with Gasteiger partial charge in [-0.25, -0.2) is 0 Å². The minimum atomic E-state index is -0.340. The summed E-state index contributed by atoms with van der Waals surface area (Å²) in [4.78, 5) is 26.5. The van der Waals surface area contributed by atoms with Crippen molar-refractivity contribution in [1.29, 1.82) is 0 Å². The van der Waals surface area contributed by atoms with Crippen LogP contribution in [0.1, 0.15) is 10.4 Å². The molecule has 3 aromatic rings. The van der Waals surface area contributed by atoms with Crippen molar-refractivity contribution in [1.82, 2.24) is 0 Å². The third-order valence-electron chi connectivity index (χ3n) is 4.09. The van der Waals surface area contributed by atoms with E-state index in [1.807, 2.05) is 30.3 Å². The Morgan fingerprint density at radius 2 is 1.79 bits per heavy atom. The number of ether oxygens (including phenoxy) is 1.